The molecule has 3 aliphatic rings. The van der Waals surface area contributed by atoms with E-state index in [0.29, 0.717) is 17.8 Å². The van der Waals surface area contributed by atoms with Gasteiger partial charge in [-0.25, -0.2) is 0 Å². The third-order valence-electron chi connectivity index (χ3n) is 8.19. The summed E-state index contributed by atoms with van der Waals surface area (Å²) in [4.78, 5) is 0. The zero-order chi connectivity index (χ0) is 24.1. The minimum absolute atomic E-state index is 0.0163. The molecule has 0 aromatic heterocycles. The molecule has 7 heteroatoms. The van der Waals surface area contributed by atoms with Crippen LogP contribution in [0.3, 0.4) is 0 Å². The fourth-order valence-electron chi connectivity index (χ4n) is 6.23. The van der Waals surface area contributed by atoms with Gasteiger partial charge < -0.3 is 14.2 Å². The fourth-order valence-corrected chi connectivity index (χ4v) is 6.23. The van der Waals surface area contributed by atoms with Crippen LogP contribution < -0.4 is 4.74 Å². The van der Waals surface area contributed by atoms with Crippen LogP contribution >= 0.6 is 0 Å². The summed E-state index contributed by atoms with van der Waals surface area (Å²) in [7, 11) is 0. The van der Waals surface area contributed by atoms with Crippen LogP contribution in [0.2, 0.25) is 0 Å². The number of ether oxygens (including phenoxy) is 3. The number of rotatable bonds is 8. The third kappa shape index (κ3) is 6.45. The van der Waals surface area contributed by atoms with Gasteiger partial charge in [-0.3, -0.25) is 0 Å². The highest BCUT2D eigenvalue weighted by Crippen LogP contribution is 2.45. The van der Waals surface area contributed by atoms with Crippen molar-refractivity contribution in [2.24, 2.45) is 23.7 Å². The van der Waals surface area contributed by atoms with E-state index < -0.39 is 12.5 Å². The Bertz CT molecular complexity index is 733. The molecule has 0 unspecified atom stereocenters. The standard InChI is InChI=1S/C27H38F4O3/c1-2-3-18-16-32-25(33-17-18)23-10-8-21(9-11-23)19-4-6-20(7-5-19)22-12-14-24(15-13-22)34-27(30,31)26(28)29/h12-15,18-21,23,25-26H,2-11,16-17H2,1H3. The summed E-state index contributed by atoms with van der Waals surface area (Å²) in [6, 6.07) is 6.22. The lowest BCUT2D eigenvalue weighted by Crippen LogP contribution is -2.39. The SMILES string of the molecule is CCCC1COC(C2CCC(C3CCC(c4ccc(OC(F)(F)C(F)F)cc4)CC3)CC2)OC1. The van der Waals surface area contributed by atoms with Crippen LogP contribution in [-0.2, 0) is 9.47 Å². The van der Waals surface area contributed by atoms with E-state index in [-0.39, 0.29) is 12.0 Å². The van der Waals surface area contributed by atoms with Crippen LogP contribution in [0.4, 0.5) is 17.6 Å². The Morgan fingerprint density at radius 2 is 1.38 bits per heavy atom. The van der Waals surface area contributed by atoms with Crippen molar-refractivity contribution < 1.29 is 31.8 Å². The molecule has 0 N–H and O–H groups in total. The minimum Gasteiger partial charge on any atom is -0.428 e. The highest BCUT2D eigenvalue weighted by atomic mass is 19.3. The number of hydrogen-bond donors (Lipinski definition) is 0. The summed E-state index contributed by atoms with van der Waals surface area (Å²) in [6.07, 6.45) is 3.37. The molecule has 1 heterocycles. The van der Waals surface area contributed by atoms with Crippen molar-refractivity contribution in [2.45, 2.75) is 95.9 Å². The maximum Gasteiger partial charge on any atom is 0.461 e. The summed E-state index contributed by atoms with van der Waals surface area (Å²) < 4.78 is 67.1. The van der Waals surface area contributed by atoms with Crippen LogP contribution in [0.25, 0.3) is 0 Å². The minimum atomic E-state index is -4.47. The normalized spacial score (nSPS) is 33.1. The van der Waals surface area contributed by atoms with Crippen molar-refractivity contribution in [3.8, 4) is 5.75 Å². The first-order chi connectivity index (χ1) is 16.4. The van der Waals surface area contributed by atoms with Crippen LogP contribution in [0.15, 0.2) is 24.3 Å². The quantitative estimate of drug-likeness (QED) is 0.351. The van der Waals surface area contributed by atoms with Gasteiger partial charge in [-0.15, -0.1) is 0 Å². The van der Waals surface area contributed by atoms with Crippen molar-refractivity contribution in [3.63, 3.8) is 0 Å². The Morgan fingerprint density at radius 1 is 0.853 bits per heavy atom. The Morgan fingerprint density at radius 3 is 1.91 bits per heavy atom. The van der Waals surface area contributed by atoms with Gasteiger partial charge in [-0.1, -0.05) is 25.5 Å². The maximum absolute atomic E-state index is 13.1. The highest BCUT2D eigenvalue weighted by Gasteiger charge is 2.44. The highest BCUT2D eigenvalue weighted by molar-refractivity contribution is 5.30. The second-order valence-electron chi connectivity index (χ2n) is 10.5. The molecule has 1 aliphatic heterocycles. The smallest absolute Gasteiger partial charge is 0.428 e. The monoisotopic (exact) mass is 486 g/mol. The Balaban J connectivity index is 1.19. The molecule has 4 rings (SSSR count). The predicted octanol–water partition coefficient (Wildman–Crippen LogP) is 7.79. The summed E-state index contributed by atoms with van der Waals surface area (Å²) in [5, 5.41) is 0. The van der Waals surface area contributed by atoms with E-state index in [1.165, 1.54) is 63.5 Å². The molecule has 1 aromatic carbocycles. The topological polar surface area (TPSA) is 27.7 Å². The van der Waals surface area contributed by atoms with E-state index in [1.54, 1.807) is 12.1 Å². The van der Waals surface area contributed by atoms with Gasteiger partial charge in [0.25, 0.3) is 0 Å². The van der Waals surface area contributed by atoms with Gasteiger partial charge in [-0.05, 0) is 93.2 Å². The van der Waals surface area contributed by atoms with Gasteiger partial charge in [0.2, 0.25) is 0 Å². The summed E-state index contributed by atoms with van der Waals surface area (Å²) in [6.45, 7) is 3.88. The van der Waals surface area contributed by atoms with Gasteiger partial charge in [0.1, 0.15) is 5.75 Å². The second-order valence-corrected chi connectivity index (χ2v) is 10.5. The number of benzene rings is 1. The largest absolute Gasteiger partial charge is 0.461 e. The van der Waals surface area contributed by atoms with Crippen LogP contribution in [-0.4, -0.2) is 32.0 Å². The molecule has 3 fully saturated rings. The van der Waals surface area contributed by atoms with E-state index in [2.05, 4.69) is 11.7 Å². The van der Waals surface area contributed by atoms with Crippen molar-refractivity contribution in [1.29, 1.82) is 0 Å². The lowest BCUT2D eigenvalue weighted by atomic mass is 9.68. The summed E-state index contributed by atoms with van der Waals surface area (Å²) >= 11 is 0. The molecule has 0 bridgehead atoms. The van der Waals surface area contributed by atoms with Crippen LogP contribution in [0.1, 0.15) is 82.6 Å². The predicted molar refractivity (Wildman–Crippen MR) is 122 cm³/mol. The molecule has 0 radical (unpaired) electrons. The molecule has 34 heavy (non-hydrogen) atoms. The average molecular weight is 487 g/mol. The van der Waals surface area contributed by atoms with Gasteiger partial charge in [-0.2, -0.15) is 17.6 Å². The van der Waals surface area contributed by atoms with Crippen LogP contribution in [0.5, 0.6) is 5.75 Å². The molecular weight excluding hydrogens is 448 g/mol. The molecule has 0 amide bonds. The molecule has 0 spiro atoms. The summed E-state index contributed by atoms with van der Waals surface area (Å²) in [5.74, 6) is 2.74. The van der Waals surface area contributed by atoms with Crippen molar-refractivity contribution in [2.75, 3.05) is 13.2 Å². The van der Waals surface area contributed by atoms with E-state index in [9.17, 15) is 17.6 Å². The van der Waals surface area contributed by atoms with Crippen LogP contribution in [0, 0.1) is 23.7 Å². The molecule has 3 nitrogen and oxygen atoms in total. The number of hydrogen-bond acceptors (Lipinski definition) is 3. The lowest BCUT2D eigenvalue weighted by Gasteiger charge is -2.41. The Labute approximate surface area is 200 Å². The number of halogens is 4. The van der Waals surface area contributed by atoms with E-state index in [1.807, 2.05) is 0 Å². The van der Waals surface area contributed by atoms with Crippen molar-refractivity contribution >= 4 is 0 Å². The molecule has 2 aliphatic carbocycles. The van der Waals surface area contributed by atoms with E-state index in [0.717, 1.165) is 43.5 Å². The first-order valence-electron chi connectivity index (χ1n) is 13.0. The zero-order valence-electron chi connectivity index (χ0n) is 20.1. The lowest BCUT2D eigenvalue weighted by molar-refractivity contribution is -0.253. The van der Waals surface area contributed by atoms with Gasteiger partial charge in [0.15, 0.2) is 6.29 Å². The Hall–Kier alpha value is -1.34. The second kappa shape index (κ2) is 11.6. The molecule has 1 aromatic rings. The van der Waals surface area contributed by atoms with Gasteiger partial charge >= 0.3 is 12.5 Å². The zero-order valence-corrected chi connectivity index (χ0v) is 20.1. The first kappa shape index (κ1) is 25.7. The molecular formula is C27H38F4O3. The number of alkyl halides is 4. The first-order valence-corrected chi connectivity index (χ1v) is 13.0. The molecule has 192 valence electrons. The summed E-state index contributed by atoms with van der Waals surface area (Å²) in [5.41, 5.74) is 1.07. The fraction of sp³-hybridized carbons (Fsp3) is 0.778. The average Bonchev–Trinajstić information content (AvgIpc) is 2.85. The Kier molecular flexibility index (Phi) is 8.78. The maximum atomic E-state index is 13.1. The van der Waals surface area contributed by atoms with Gasteiger partial charge in [0.05, 0.1) is 13.2 Å². The van der Waals surface area contributed by atoms with Gasteiger partial charge in [0, 0.05) is 11.8 Å². The van der Waals surface area contributed by atoms with E-state index in [4.69, 9.17) is 9.47 Å². The third-order valence-corrected chi connectivity index (χ3v) is 8.19. The van der Waals surface area contributed by atoms with Crippen molar-refractivity contribution in [3.05, 3.63) is 29.8 Å². The molecule has 1 saturated heterocycles. The van der Waals surface area contributed by atoms with Crippen molar-refractivity contribution in [1.82, 2.24) is 0 Å². The molecule has 0 atom stereocenters. The molecule has 2 saturated carbocycles. The van der Waals surface area contributed by atoms with E-state index >= 15 is 0 Å².